The molecule has 1 aromatic rings. The van der Waals surface area contributed by atoms with E-state index in [1.165, 1.54) is 0 Å². The van der Waals surface area contributed by atoms with E-state index in [9.17, 15) is 4.79 Å². The van der Waals surface area contributed by atoms with Crippen LogP contribution in [0.25, 0.3) is 0 Å². The van der Waals surface area contributed by atoms with Crippen LogP contribution in [0, 0.1) is 6.92 Å². The van der Waals surface area contributed by atoms with Crippen molar-refractivity contribution in [2.75, 3.05) is 13.6 Å². The van der Waals surface area contributed by atoms with Gasteiger partial charge in [-0.3, -0.25) is 14.7 Å². The molecule has 4 heteroatoms. The van der Waals surface area contributed by atoms with Gasteiger partial charge >= 0.3 is 0 Å². The lowest BCUT2D eigenvalue weighted by Gasteiger charge is -2.33. The number of carbonyl (C=O) groups is 1. The van der Waals surface area contributed by atoms with E-state index < -0.39 is 0 Å². The fraction of sp³-hybridized carbons (Fsp3) is 0.625. The number of likely N-dealkylation sites (N-methyl/N-ethyl adjacent to an activating group) is 1. The van der Waals surface area contributed by atoms with Crippen LogP contribution in [0.5, 0.6) is 0 Å². The number of likely N-dealkylation sites (tertiary alicyclic amines) is 1. The molecule has 20 heavy (non-hydrogen) atoms. The van der Waals surface area contributed by atoms with Gasteiger partial charge in [0.2, 0.25) is 5.91 Å². The molecule has 1 fully saturated rings. The fourth-order valence-electron chi connectivity index (χ4n) is 2.79. The van der Waals surface area contributed by atoms with Crippen molar-refractivity contribution in [3.8, 4) is 0 Å². The van der Waals surface area contributed by atoms with Crippen LogP contribution >= 0.6 is 0 Å². The summed E-state index contributed by atoms with van der Waals surface area (Å²) in [7, 11) is 2.01. The molecule has 2 heterocycles. The summed E-state index contributed by atoms with van der Waals surface area (Å²) in [5.41, 5.74) is 1.95. The second-order valence-corrected chi connectivity index (χ2v) is 6.65. The van der Waals surface area contributed by atoms with E-state index in [0.29, 0.717) is 0 Å². The molecule has 0 bridgehead atoms. The van der Waals surface area contributed by atoms with E-state index in [1.807, 2.05) is 37.1 Å². The standard InChI is InChI=1S/C16H25N3O/c1-12-7-6-8-13(17-12)11-18(5)14-9-10-19(15(14)20)16(2,3)4/h6-8,14H,9-11H2,1-5H3. The fourth-order valence-corrected chi connectivity index (χ4v) is 2.79. The quantitative estimate of drug-likeness (QED) is 0.848. The molecule has 2 rings (SSSR count). The Bertz CT molecular complexity index is 493. The number of carbonyl (C=O) groups excluding carboxylic acids is 1. The monoisotopic (exact) mass is 275 g/mol. The summed E-state index contributed by atoms with van der Waals surface area (Å²) < 4.78 is 0. The third-order valence-corrected chi connectivity index (χ3v) is 3.88. The SMILES string of the molecule is Cc1cccc(CN(C)C2CCN(C(C)(C)C)C2=O)n1. The molecule has 1 atom stereocenters. The topological polar surface area (TPSA) is 36.4 Å². The molecule has 1 aliphatic heterocycles. The van der Waals surface area contributed by atoms with Crippen molar-refractivity contribution in [2.24, 2.45) is 0 Å². The Morgan fingerprint density at radius 2 is 2.10 bits per heavy atom. The predicted octanol–water partition coefficient (Wildman–Crippen LogP) is 2.22. The number of nitrogens with zero attached hydrogens (tertiary/aromatic N) is 3. The highest BCUT2D eigenvalue weighted by atomic mass is 16.2. The van der Waals surface area contributed by atoms with Crippen LogP contribution in [-0.4, -0.2) is 45.9 Å². The normalized spacial score (nSPS) is 20.0. The first-order valence-corrected chi connectivity index (χ1v) is 7.23. The highest BCUT2D eigenvalue weighted by Crippen LogP contribution is 2.25. The van der Waals surface area contributed by atoms with Gasteiger partial charge in [0.05, 0.1) is 11.7 Å². The largest absolute Gasteiger partial charge is 0.336 e. The smallest absolute Gasteiger partial charge is 0.240 e. The molecule has 1 saturated heterocycles. The number of aromatic nitrogens is 1. The summed E-state index contributed by atoms with van der Waals surface area (Å²) in [4.78, 5) is 21.1. The Balaban J connectivity index is 2.04. The second kappa shape index (κ2) is 5.52. The van der Waals surface area contributed by atoms with Crippen LogP contribution in [0.15, 0.2) is 18.2 Å². The molecule has 0 saturated carbocycles. The predicted molar refractivity (Wildman–Crippen MR) is 80.3 cm³/mol. The average Bonchev–Trinajstić information content (AvgIpc) is 2.70. The van der Waals surface area contributed by atoms with Gasteiger partial charge < -0.3 is 4.90 Å². The third kappa shape index (κ3) is 3.18. The molecule has 0 radical (unpaired) electrons. The second-order valence-electron chi connectivity index (χ2n) is 6.65. The van der Waals surface area contributed by atoms with E-state index in [4.69, 9.17) is 0 Å². The number of pyridine rings is 1. The highest BCUT2D eigenvalue weighted by Gasteiger charge is 2.39. The molecular formula is C16H25N3O. The zero-order valence-corrected chi connectivity index (χ0v) is 13.2. The Labute approximate surface area is 121 Å². The van der Waals surface area contributed by atoms with E-state index in [-0.39, 0.29) is 17.5 Å². The minimum atomic E-state index is -0.0890. The van der Waals surface area contributed by atoms with Crippen molar-refractivity contribution in [1.29, 1.82) is 0 Å². The Kier molecular flexibility index (Phi) is 4.14. The number of amides is 1. The van der Waals surface area contributed by atoms with Gasteiger partial charge in [0.1, 0.15) is 0 Å². The van der Waals surface area contributed by atoms with Crippen molar-refractivity contribution < 1.29 is 4.79 Å². The molecular weight excluding hydrogens is 250 g/mol. The molecule has 1 aromatic heterocycles. The molecule has 0 N–H and O–H groups in total. The van der Waals surface area contributed by atoms with Gasteiger partial charge in [-0.2, -0.15) is 0 Å². The van der Waals surface area contributed by atoms with Gasteiger partial charge in [-0.25, -0.2) is 0 Å². The minimum absolute atomic E-state index is 0.0171. The Morgan fingerprint density at radius 3 is 2.65 bits per heavy atom. The number of aryl methyl sites for hydroxylation is 1. The van der Waals surface area contributed by atoms with E-state index in [2.05, 4.69) is 30.7 Å². The van der Waals surface area contributed by atoms with Crippen LogP contribution in [0.3, 0.4) is 0 Å². The summed E-state index contributed by atoms with van der Waals surface area (Å²) in [6.07, 6.45) is 0.901. The van der Waals surface area contributed by atoms with Crippen LogP contribution in [0.4, 0.5) is 0 Å². The van der Waals surface area contributed by atoms with Crippen LogP contribution in [-0.2, 0) is 11.3 Å². The molecule has 1 aliphatic rings. The Morgan fingerprint density at radius 1 is 1.40 bits per heavy atom. The molecule has 1 unspecified atom stereocenters. The van der Waals surface area contributed by atoms with Crippen LogP contribution < -0.4 is 0 Å². The van der Waals surface area contributed by atoms with Crippen LogP contribution in [0.1, 0.15) is 38.6 Å². The molecule has 0 spiro atoms. The molecule has 110 valence electrons. The van der Waals surface area contributed by atoms with Crippen molar-refractivity contribution in [1.82, 2.24) is 14.8 Å². The van der Waals surface area contributed by atoms with Crippen LogP contribution in [0.2, 0.25) is 0 Å². The molecule has 1 amide bonds. The summed E-state index contributed by atoms with van der Waals surface area (Å²) in [5, 5.41) is 0. The van der Waals surface area contributed by atoms with Gasteiger partial charge in [-0.1, -0.05) is 6.07 Å². The lowest BCUT2D eigenvalue weighted by Crippen LogP contribution is -2.46. The van der Waals surface area contributed by atoms with Crippen molar-refractivity contribution >= 4 is 5.91 Å². The Hall–Kier alpha value is -1.42. The summed E-state index contributed by atoms with van der Waals surface area (Å²) >= 11 is 0. The maximum Gasteiger partial charge on any atom is 0.240 e. The first-order valence-electron chi connectivity index (χ1n) is 7.23. The lowest BCUT2D eigenvalue weighted by atomic mass is 10.1. The lowest BCUT2D eigenvalue weighted by molar-refractivity contribution is -0.135. The number of rotatable bonds is 3. The van der Waals surface area contributed by atoms with E-state index >= 15 is 0 Å². The van der Waals surface area contributed by atoms with E-state index in [1.54, 1.807) is 0 Å². The van der Waals surface area contributed by atoms with Crippen molar-refractivity contribution in [2.45, 2.75) is 52.2 Å². The first-order chi connectivity index (χ1) is 9.29. The molecule has 0 aromatic carbocycles. The minimum Gasteiger partial charge on any atom is -0.336 e. The van der Waals surface area contributed by atoms with E-state index in [0.717, 1.165) is 30.9 Å². The first kappa shape index (κ1) is 15.0. The van der Waals surface area contributed by atoms with Crippen molar-refractivity contribution in [3.63, 3.8) is 0 Å². The molecule has 4 nitrogen and oxygen atoms in total. The summed E-state index contributed by atoms with van der Waals surface area (Å²) in [5.74, 6) is 0.243. The average molecular weight is 275 g/mol. The maximum absolute atomic E-state index is 12.5. The third-order valence-electron chi connectivity index (χ3n) is 3.88. The van der Waals surface area contributed by atoms with Crippen molar-refractivity contribution in [3.05, 3.63) is 29.6 Å². The van der Waals surface area contributed by atoms with Gasteiger partial charge in [-0.15, -0.1) is 0 Å². The summed E-state index contributed by atoms with van der Waals surface area (Å²) in [6, 6.07) is 6.01. The number of hydrogen-bond donors (Lipinski definition) is 0. The maximum atomic E-state index is 12.5. The van der Waals surface area contributed by atoms with Gasteiger partial charge in [0.15, 0.2) is 0 Å². The van der Waals surface area contributed by atoms with Gasteiger partial charge in [0, 0.05) is 24.3 Å². The zero-order chi connectivity index (χ0) is 14.9. The number of hydrogen-bond acceptors (Lipinski definition) is 3. The summed E-state index contributed by atoms with van der Waals surface area (Å²) in [6.45, 7) is 9.83. The highest BCUT2D eigenvalue weighted by molar-refractivity contribution is 5.84. The molecule has 0 aliphatic carbocycles. The van der Waals surface area contributed by atoms with Gasteiger partial charge in [0.25, 0.3) is 0 Å². The van der Waals surface area contributed by atoms with Gasteiger partial charge in [-0.05, 0) is 53.3 Å². The zero-order valence-electron chi connectivity index (χ0n) is 13.2.